The van der Waals surface area contributed by atoms with Gasteiger partial charge in [0.05, 0.1) is 24.2 Å². The van der Waals surface area contributed by atoms with Gasteiger partial charge in [0.1, 0.15) is 0 Å². The molecule has 5 heteroatoms. The number of hydrogen-bond donors (Lipinski definition) is 1. The summed E-state index contributed by atoms with van der Waals surface area (Å²) in [6, 6.07) is 8.00. The molecule has 0 aliphatic rings. The van der Waals surface area contributed by atoms with Crippen LogP contribution in [0.4, 0.5) is 0 Å². The lowest BCUT2D eigenvalue weighted by Gasteiger charge is -2.07. The first-order valence-corrected chi connectivity index (χ1v) is 6.59. The van der Waals surface area contributed by atoms with Crippen LogP contribution in [0.5, 0.6) is 5.88 Å². The topological polar surface area (TPSA) is 55.2 Å². The number of aliphatic hydroxyl groups is 1. The third kappa shape index (κ3) is 1.97. The van der Waals surface area contributed by atoms with Gasteiger partial charge in [-0.05, 0) is 16.9 Å². The van der Waals surface area contributed by atoms with Gasteiger partial charge in [-0.2, -0.15) is 4.37 Å². The number of hydrogen-bond acceptors (Lipinski definition) is 5. The molecule has 1 aromatic carbocycles. The standard InChI is InChI=1S/C14H12N2O2S/c1-18-14-13(12(8-17)19-16-14)11-7-15-6-9-4-2-3-5-10(9)11/h2-7,17H,8H2,1H3. The molecule has 0 unspecified atom stereocenters. The van der Waals surface area contributed by atoms with Gasteiger partial charge >= 0.3 is 0 Å². The Kier molecular flexibility index (Phi) is 3.15. The summed E-state index contributed by atoms with van der Waals surface area (Å²) in [5.74, 6) is 0.534. The summed E-state index contributed by atoms with van der Waals surface area (Å²) in [4.78, 5) is 5.05. The van der Waals surface area contributed by atoms with Crippen LogP contribution in [-0.2, 0) is 6.61 Å². The first-order chi connectivity index (χ1) is 9.35. The van der Waals surface area contributed by atoms with E-state index in [-0.39, 0.29) is 6.61 Å². The van der Waals surface area contributed by atoms with Crippen LogP contribution in [-0.4, -0.2) is 21.6 Å². The lowest BCUT2D eigenvalue weighted by molar-refractivity contribution is 0.285. The van der Waals surface area contributed by atoms with E-state index >= 15 is 0 Å². The molecule has 3 aromatic rings. The minimum Gasteiger partial charge on any atom is -0.480 e. The van der Waals surface area contributed by atoms with Crippen molar-refractivity contribution < 1.29 is 9.84 Å². The highest BCUT2D eigenvalue weighted by Gasteiger charge is 2.18. The molecule has 2 aromatic heterocycles. The number of ether oxygens (including phenoxy) is 1. The maximum atomic E-state index is 9.46. The van der Waals surface area contributed by atoms with E-state index in [0.29, 0.717) is 5.88 Å². The Hall–Kier alpha value is -1.98. The van der Waals surface area contributed by atoms with Gasteiger partial charge in [-0.1, -0.05) is 24.3 Å². The molecule has 0 radical (unpaired) electrons. The lowest BCUT2D eigenvalue weighted by atomic mass is 10.0. The van der Waals surface area contributed by atoms with E-state index in [9.17, 15) is 5.11 Å². The van der Waals surface area contributed by atoms with Crippen molar-refractivity contribution in [3.63, 3.8) is 0 Å². The van der Waals surface area contributed by atoms with Crippen molar-refractivity contribution in [3.05, 3.63) is 41.5 Å². The van der Waals surface area contributed by atoms with Crippen molar-refractivity contribution in [2.75, 3.05) is 7.11 Å². The SMILES string of the molecule is COc1nsc(CO)c1-c1cncc2ccccc12. The Balaban J connectivity index is 2.33. The fourth-order valence-corrected chi connectivity index (χ4v) is 2.84. The van der Waals surface area contributed by atoms with E-state index in [1.807, 2.05) is 30.5 Å². The number of rotatable bonds is 3. The van der Waals surface area contributed by atoms with Crippen LogP contribution in [0.2, 0.25) is 0 Å². The van der Waals surface area contributed by atoms with E-state index in [1.54, 1.807) is 13.3 Å². The van der Waals surface area contributed by atoms with Crippen molar-refractivity contribution in [1.29, 1.82) is 0 Å². The van der Waals surface area contributed by atoms with Gasteiger partial charge in [0, 0.05) is 23.3 Å². The Morgan fingerprint density at radius 2 is 2.11 bits per heavy atom. The summed E-state index contributed by atoms with van der Waals surface area (Å²) < 4.78 is 9.51. The Labute approximate surface area is 114 Å². The fourth-order valence-electron chi connectivity index (χ4n) is 2.14. The van der Waals surface area contributed by atoms with Crippen molar-refractivity contribution in [1.82, 2.24) is 9.36 Å². The van der Waals surface area contributed by atoms with E-state index in [2.05, 4.69) is 9.36 Å². The molecule has 19 heavy (non-hydrogen) atoms. The fraction of sp³-hybridized carbons (Fsp3) is 0.143. The molecule has 0 saturated carbocycles. The number of aliphatic hydroxyl groups excluding tert-OH is 1. The summed E-state index contributed by atoms with van der Waals surface area (Å²) in [5, 5.41) is 11.6. The van der Waals surface area contributed by atoms with Crippen molar-refractivity contribution >= 4 is 22.3 Å². The third-order valence-electron chi connectivity index (χ3n) is 3.01. The number of fused-ring (bicyclic) bond motifs is 1. The molecular weight excluding hydrogens is 260 g/mol. The van der Waals surface area contributed by atoms with Crippen LogP contribution in [0.1, 0.15) is 4.88 Å². The Bertz CT molecular complexity index is 698. The first-order valence-electron chi connectivity index (χ1n) is 5.81. The van der Waals surface area contributed by atoms with Crippen LogP contribution >= 0.6 is 11.5 Å². The molecule has 1 N–H and O–H groups in total. The summed E-state index contributed by atoms with van der Waals surface area (Å²) in [5.41, 5.74) is 1.77. The molecule has 2 heterocycles. The summed E-state index contributed by atoms with van der Waals surface area (Å²) in [7, 11) is 1.58. The van der Waals surface area contributed by atoms with Gasteiger partial charge in [-0.25, -0.2) is 0 Å². The summed E-state index contributed by atoms with van der Waals surface area (Å²) in [6.45, 7) is -0.0560. The Morgan fingerprint density at radius 3 is 2.89 bits per heavy atom. The molecule has 0 fully saturated rings. The first kappa shape index (κ1) is 12.1. The van der Waals surface area contributed by atoms with Crippen molar-refractivity contribution in [2.24, 2.45) is 0 Å². The number of benzene rings is 1. The highest BCUT2D eigenvalue weighted by molar-refractivity contribution is 7.06. The van der Waals surface area contributed by atoms with Crippen LogP contribution < -0.4 is 4.74 Å². The average molecular weight is 272 g/mol. The van der Waals surface area contributed by atoms with Crippen LogP contribution in [0.25, 0.3) is 21.9 Å². The number of nitrogens with zero attached hydrogens (tertiary/aromatic N) is 2. The van der Waals surface area contributed by atoms with Gasteiger partial charge in [0.2, 0.25) is 5.88 Å². The highest BCUT2D eigenvalue weighted by atomic mass is 32.1. The summed E-state index contributed by atoms with van der Waals surface area (Å²) >= 11 is 1.25. The van der Waals surface area contributed by atoms with Gasteiger partial charge < -0.3 is 9.84 Å². The smallest absolute Gasteiger partial charge is 0.233 e. The maximum Gasteiger partial charge on any atom is 0.233 e. The highest BCUT2D eigenvalue weighted by Crippen LogP contribution is 2.38. The normalized spacial score (nSPS) is 10.8. The van der Waals surface area contributed by atoms with E-state index in [0.717, 1.165) is 26.8 Å². The van der Waals surface area contributed by atoms with E-state index in [4.69, 9.17) is 4.74 Å². The molecule has 4 nitrogen and oxygen atoms in total. The summed E-state index contributed by atoms with van der Waals surface area (Å²) in [6.07, 6.45) is 3.61. The molecular formula is C14H12N2O2S. The van der Waals surface area contributed by atoms with Gasteiger partial charge in [-0.15, -0.1) is 0 Å². The van der Waals surface area contributed by atoms with Crippen molar-refractivity contribution in [2.45, 2.75) is 6.61 Å². The molecule has 0 amide bonds. The molecule has 0 spiro atoms. The number of aromatic nitrogens is 2. The van der Waals surface area contributed by atoms with Gasteiger partial charge in [-0.3, -0.25) is 4.98 Å². The minimum absolute atomic E-state index is 0.0560. The quantitative estimate of drug-likeness (QED) is 0.796. The minimum atomic E-state index is -0.0560. The van der Waals surface area contributed by atoms with Crippen LogP contribution in [0, 0.1) is 0 Å². The molecule has 0 saturated heterocycles. The zero-order chi connectivity index (χ0) is 13.2. The average Bonchev–Trinajstić information content (AvgIpc) is 2.89. The predicted octanol–water partition coefficient (Wildman–Crippen LogP) is 2.86. The second kappa shape index (κ2) is 4.95. The van der Waals surface area contributed by atoms with Gasteiger partial charge in [0.25, 0.3) is 0 Å². The van der Waals surface area contributed by atoms with Crippen LogP contribution in [0.3, 0.4) is 0 Å². The van der Waals surface area contributed by atoms with Crippen molar-refractivity contribution in [3.8, 4) is 17.0 Å². The number of methoxy groups -OCH3 is 1. The Morgan fingerprint density at radius 1 is 1.26 bits per heavy atom. The van der Waals surface area contributed by atoms with E-state index in [1.165, 1.54) is 11.5 Å². The lowest BCUT2D eigenvalue weighted by Crippen LogP contribution is -1.91. The molecule has 0 aliphatic carbocycles. The molecule has 3 rings (SSSR count). The molecule has 0 bridgehead atoms. The third-order valence-corrected chi connectivity index (χ3v) is 3.82. The molecule has 0 atom stereocenters. The van der Waals surface area contributed by atoms with Crippen LogP contribution in [0.15, 0.2) is 36.7 Å². The largest absolute Gasteiger partial charge is 0.480 e. The zero-order valence-electron chi connectivity index (χ0n) is 10.3. The maximum absolute atomic E-state index is 9.46. The van der Waals surface area contributed by atoms with E-state index < -0.39 is 0 Å². The number of pyridine rings is 1. The predicted molar refractivity (Wildman–Crippen MR) is 75.3 cm³/mol. The molecule has 0 aliphatic heterocycles. The monoisotopic (exact) mass is 272 g/mol. The molecule has 96 valence electrons. The van der Waals surface area contributed by atoms with Gasteiger partial charge in [0.15, 0.2) is 0 Å². The second-order valence-corrected chi connectivity index (χ2v) is 4.91. The zero-order valence-corrected chi connectivity index (χ0v) is 11.1. The second-order valence-electron chi connectivity index (χ2n) is 4.06.